The molecule has 1 saturated carbocycles. The first-order chi connectivity index (χ1) is 10.7. The van der Waals surface area contributed by atoms with E-state index in [2.05, 4.69) is 5.32 Å². The third-order valence-electron chi connectivity index (χ3n) is 4.80. The number of hydrogen-bond acceptors (Lipinski definition) is 4. The second-order valence-corrected chi connectivity index (χ2v) is 7.36. The second kappa shape index (κ2) is 5.66. The standard InChI is InChI=1S/C16H20N2O3S/c19-15(17-11-3-4-11)10-8-13-12(5-6-21-13)18(9-10)16(20)14-2-1-7-22-14/h1-2,7,10-13H,3-6,8-9H2,(H,17,19)/t10-,12-,13-/m0/s1. The lowest BCUT2D eigenvalue weighted by molar-refractivity contribution is -0.128. The normalized spacial score (nSPS) is 30.9. The summed E-state index contributed by atoms with van der Waals surface area (Å²) in [6, 6.07) is 4.23. The van der Waals surface area contributed by atoms with E-state index in [1.165, 1.54) is 11.3 Å². The largest absolute Gasteiger partial charge is 0.376 e. The lowest BCUT2D eigenvalue weighted by Crippen LogP contribution is -2.55. The number of likely N-dealkylation sites (tertiary alicyclic amines) is 1. The Bertz CT molecular complexity index is 570. The number of thiophene rings is 1. The van der Waals surface area contributed by atoms with Crippen LogP contribution in [0, 0.1) is 5.92 Å². The van der Waals surface area contributed by atoms with Gasteiger partial charge in [-0.05, 0) is 37.1 Å². The van der Waals surface area contributed by atoms with Gasteiger partial charge >= 0.3 is 0 Å². The van der Waals surface area contributed by atoms with Crippen molar-refractivity contribution in [2.24, 2.45) is 5.92 Å². The molecule has 118 valence electrons. The first-order valence-electron chi connectivity index (χ1n) is 7.99. The van der Waals surface area contributed by atoms with Crippen molar-refractivity contribution in [3.05, 3.63) is 22.4 Å². The molecule has 0 unspecified atom stereocenters. The fraction of sp³-hybridized carbons (Fsp3) is 0.625. The van der Waals surface area contributed by atoms with Crippen LogP contribution in [-0.4, -0.2) is 48.1 Å². The van der Waals surface area contributed by atoms with Crippen molar-refractivity contribution in [3.63, 3.8) is 0 Å². The van der Waals surface area contributed by atoms with Crippen LogP contribution in [0.4, 0.5) is 0 Å². The van der Waals surface area contributed by atoms with Crippen molar-refractivity contribution in [3.8, 4) is 0 Å². The van der Waals surface area contributed by atoms with Gasteiger partial charge in [-0.2, -0.15) is 0 Å². The fourth-order valence-electron chi connectivity index (χ4n) is 3.46. The van der Waals surface area contributed by atoms with Crippen LogP contribution in [0.3, 0.4) is 0 Å². The minimum Gasteiger partial charge on any atom is -0.376 e. The van der Waals surface area contributed by atoms with E-state index in [0.717, 1.165) is 30.6 Å². The number of piperidine rings is 1. The predicted molar refractivity (Wildman–Crippen MR) is 82.8 cm³/mol. The van der Waals surface area contributed by atoms with Crippen molar-refractivity contribution < 1.29 is 14.3 Å². The van der Waals surface area contributed by atoms with E-state index >= 15 is 0 Å². The van der Waals surface area contributed by atoms with Gasteiger partial charge in [0, 0.05) is 19.2 Å². The molecule has 3 heterocycles. The monoisotopic (exact) mass is 320 g/mol. The zero-order valence-electron chi connectivity index (χ0n) is 12.4. The summed E-state index contributed by atoms with van der Waals surface area (Å²) in [5.41, 5.74) is 0. The Morgan fingerprint density at radius 3 is 2.91 bits per heavy atom. The van der Waals surface area contributed by atoms with Crippen LogP contribution in [0.2, 0.25) is 0 Å². The minimum atomic E-state index is -0.149. The molecule has 0 radical (unpaired) electrons. The van der Waals surface area contributed by atoms with Gasteiger partial charge in [0.2, 0.25) is 5.91 Å². The summed E-state index contributed by atoms with van der Waals surface area (Å²) in [5.74, 6) is -0.0243. The average Bonchev–Trinajstić information content (AvgIpc) is 3.03. The van der Waals surface area contributed by atoms with Crippen LogP contribution in [-0.2, 0) is 9.53 Å². The summed E-state index contributed by atoms with van der Waals surface area (Å²) in [4.78, 5) is 27.8. The number of nitrogens with one attached hydrogen (secondary N) is 1. The Morgan fingerprint density at radius 1 is 1.32 bits per heavy atom. The van der Waals surface area contributed by atoms with Crippen molar-refractivity contribution in [2.45, 2.75) is 43.9 Å². The molecule has 5 nitrogen and oxygen atoms in total. The van der Waals surface area contributed by atoms with Crippen LogP contribution in [0.15, 0.2) is 17.5 Å². The maximum Gasteiger partial charge on any atom is 0.264 e. The molecule has 2 saturated heterocycles. The number of amides is 2. The molecule has 0 aromatic carbocycles. The molecule has 6 heteroatoms. The Hall–Kier alpha value is -1.40. The van der Waals surface area contributed by atoms with E-state index in [0.29, 0.717) is 19.2 Å². The number of fused-ring (bicyclic) bond motifs is 1. The third kappa shape index (κ3) is 2.65. The van der Waals surface area contributed by atoms with E-state index in [9.17, 15) is 9.59 Å². The second-order valence-electron chi connectivity index (χ2n) is 6.42. The van der Waals surface area contributed by atoms with Gasteiger partial charge in [0.25, 0.3) is 5.91 Å². The van der Waals surface area contributed by atoms with E-state index in [1.807, 2.05) is 22.4 Å². The number of ether oxygens (including phenoxy) is 1. The topological polar surface area (TPSA) is 58.6 Å². The summed E-state index contributed by atoms with van der Waals surface area (Å²) in [6.07, 6.45) is 3.78. The highest BCUT2D eigenvalue weighted by molar-refractivity contribution is 7.12. The molecule has 2 aliphatic heterocycles. The molecule has 0 bridgehead atoms. The Balaban J connectivity index is 1.52. The molecule has 3 aliphatic rings. The van der Waals surface area contributed by atoms with Gasteiger partial charge in [-0.15, -0.1) is 11.3 Å². The molecule has 3 fully saturated rings. The SMILES string of the molecule is O=C(NC1CC1)[C@H]1C[C@@H]2OCC[C@@H]2N(C(=O)c2cccs2)C1. The van der Waals surface area contributed by atoms with Gasteiger partial charge < -0.3 is 15.0 Å². The fourth-order valence-corrected chi connectivity index (χ4v) is 4.14. The van der Waals surface area contributed by atoms with Gasteiger partial charge in [0.15, 0.2) is 0 Å². The highest BCUT2D eigenvalue weighted by Crippen LogP contribution is 2.33. The van der Waals surface area contributed by atoms with Gasteiger partial charge in [-0.1, -0.05) is 6.07 Å². The van der Waals surface area contributed by atoms with Gasteiger partial charge in [0.05, 0.1) is 22.9 Å². The molecular weight excluding hydrogens is 300 g/mol. The predicted octanol–water partition coefficient (Wildman–Crippen LogP) is 1.65. The molecule has 22 heavy (non-hydrogen) atoms. The Morgan fingerprint density at radius 2 is 2.18 bits per heavy atom. The van der Waals surface area contributed by atoms with Crippen LogP contribution < -0.4 is 5.32 Å². The van der Waals surface area contributed by atoms with Gasteiger partial charge in [0.1, 0.15) is 0 Å². The summed E-state index contributed by atoms with van der Waals surface area (Å²) < 4.78 is 5.79. The molecular formula is C16H20N2O3S. The van der Waals surface area contributed by atoms with Crippen molar-refractivity contribution >= 4 is 23.2 Å². The smallest absolute Gasteiger partial charge is 0.264 e. The lowest BCUT2D eigenvalue weighted by Gasteiger charge is -2.40. The van der Waals surface area contributed by atoms with Gasteiger partial charge in [-0.25, -0.2) is 0 Å². The van der Waals surface area contributed by atoms with E-state index < -0.39 is 0 Å². The number of carbonyl (C=O) groups excluding carboxylic acids is 2. The molecule has 1 aromatic heterocycles. The number of hydrogen-bond donors (Lipinski definition) is 1. The summed E-state index contributed by atoms with van der Waals surface area (Å²) in [7, 11) is 0. The van der Waals surface area contributed by atoms with Crippen LogP contribution in [0.1, 0.15) is 35.4 Å². The molecule has 0 spiro atoms. The lowest BCUT2D eigenvalue weighted by atomic mass is 9.89. The first-order valence-corrected chi connectivity index (χ1v) is 8.87. The van der Waals surface area contributed by atoms with E-state index in [4.69, 9.17) is 4.74 Å². The highest BCUT2D eigenvalue weighted by atomic mass is 32.1. The van der Waals surface area contributed by atoms with Crippen molar-refractivity contribution in [2.75, 3.05) is 13.2 Å². The van der Waals surface area contributed by atoms with Crippen LogP contribution in [0.25, 0.3) is 0 Å². The molecule has 4 rings (SSSR count). The number of carbonyl (C=O) groups is 2. The minimum absolute atomic E-state index is 0.00705. The van der Waals surface area contributed by atoms with Crippen LogP contribution >= 0.6 is 11.3 Å². The molecule has 2 amide bonds. The average molecular weight is 320 g/mol. The van der Waals surface area contributed by atoms with Crippen LogP contribution in [0.5, 0.6) is 0 Å². The van der Waals surface area contributed by atoms with E-state index in [1.54, 1.807) is 0 Å². The third-order valence-corrected chi connectivity index (χ3v) is 5.65. The van der Waals surface area contributed by atoms with Crippen molar-refractivity contribution in [1.82, 2.24) is 10.2 Å². The first kappa shape index (κ1) is 14.2. The quantitative estimate of drug-likeness (QED) is 0.921. The number of rotatable bonds is 3. The summed E-state index contributed by atoms with van der Waals surface area (Å²) >= 11 is 1.46. The van der Waals surface area contributed by atoms with E-state index in [-0.39, 0.29) is 29.9 Å². The Labute approximate surface area is 133 Å². The zero-order chi connectivity index (χ0) is 15.1. The maximum absolute atomic E-state index is 12.8. The molecule has 1 aliphatic carbocycles. The molecule has 3 atom stereocenters. The highest BCUT2D eigenvalue weighted by Gasteiger charge is 2.45. The number of nitrogens with zero attached hydrogens (tertiary/aromatic N) is 1. The van der Waals surface area contributed by atoms with Gasteiger partial charge in [-0.3, -0.25) is 9.59 Å². The zero-order valence-corrected chi connectivity index (χ0v) is 13.2. The maximum atomic E-state index is 12.8. The Kier molecular flexibility index (Phi) is 3.66. The molecule has 1 aromatic rings. The molecule has 1 N–H and O–H groups in total. The summed E-state index contributed by atoms with van der Waals surface area (Å²) in [6.45, 7) is 1.19. The summed E-state index contributed by atoms with van der Waals surface area (Å²) in [5, 5.41) is 4.98. The van der Waals surface area contributed by atoms with Crippen molar-refractivity contribution in [1.29, 1.82) is 0 Å².